The van der Waals surface area contributed by atoms with Gasteiger partial charge in [-0.2, -0.15) is 0 Å². The SMILES string of the molecule is CCCCCSC1=NN2C(=c3ccccc3=N[C@H]2c2cc(OC)ccc2OC)C(=O)N1. The van der Waals surface area contributed by atoms with E-state index >= 15 is 0 Å². The van der Waals surface area contributed by atoms with Gasteiger partial charge in [-0.25, -0.2) is 5.01 Å². The number of carbonyl (C=O) groups is 1. The quantitative estimate of drug-likeness (QED) is 0.673. The fourth-order valence-corrected chi connectivity index (χ4v) is 4.51. The molecule has 31 heavy (non-hydrogen) atoms. The molecule has 0 unspecified atom stereocenters. The lowest BCUT2D eigenvalue weighted by Gasteiger charge is -2.34. The molecule has 1 N–H and O–H groups in total. The minimum absolute atomic E-state index is 0.179. The Morgan fingerprint density at radius 2 is 1.97 bits per heavy atom. The number of ether oxygens (including phenoxy) is 2. The molecule has 2 aliphatic rings. The number of benzene rings is 2. The molecule has 1 atom stereocenters. The first-order chi connectivity index (χ1) is 15.2. The normalized spacial score (nSPS) is 17.2. The Morgan fingerprint density at radius 3 is 2.74 bits per heavy atom. The van der Waals surface area contributed by atoms with Gasteiger partial charge in [-0.15, -0.1) is 5.10 Å². The lowest BCUT2D eigenvalue weighted by atomic mass is 10.1. The third-order valence-corrected chi connectivity index (χ3v) is 6.17. The number of nitrogens with zero attached hydrogens (tertiary/aromatic N) is 3. The minimum Gasteiger partial charge on any atom is -0.497 e. The van der Waals surface area contributed by atoms with Crippen molar-refractivity contribution in [2.45, 2.75) is 32.4 Å². The number of hydrogen-bond acceptors (Lipinski definition) is 7. The van der Waals surface area contributed by atoms with E-state index in [-0.39, 0.29) is 5.91 Å². The number of hydrazone groups is 1. The number of amidine groups is 1. The molecule has 0 saturated carbocycles. The lowest BCUT2D eigenvalue weighted by Crippen LogP contribution is -2.50. The molecule has 2 aromatic carbocycles. The van der Waals surface area contributed by atoms with Crippen molar-refractivity contribution >= 4 is 28.5 Å². The zero-order valence-corrected chi connectivity index (χ0v) is 18.7. The molecule has 0 fully saturated rings. The highest BCUT2D eigenvalue weighted by Gasteiger charge is 2.35. The number of nitrogens with one attached hydrogen (secondary N) is 1. The Kier molecular flexibility index (Phi) is 6.46. The first kappa shape index (κ1) is 21.2. The number of unbranched alkanes of at least 4 members (excludes halogenated alkanes) is 2. The molecule has 0 saturated heterocycles. The van der Waals surface area contributed by atoms with Crippen LogP contribution in [0.2, 0.25) is 0 Å². The van der Waals surface area contributed by atoms with Crippen LogP contribution in [-0.4, -0.2) is 36.1 Å². The topological polar surface area (TPSA) is 75.5 Å². The molecule has 4 rings (SSSR count). The number of thioether (sulfide) groups is 1. The monoisotopic (exact) mass is 438 g/mol. The van der Waals surface area contributed by atoms with Crippen molar-refractivity contribution in [3.63, 3.8) is 0 Å². The van der Waals surface area contributed by atoms with Gasteiger partial charge in [0.05, 0.1) is 19.6 Å². The summed E-state index contributed by atoms with van der Waals surface area (Å²) in [6.07, 6.45) is 2.83. The van der Waals surface area contributed by atoms with Crippen LogP contribution in [0.5, 0.6) is 11.5 Å². The average molecular weight is 439 g/mol. The Morgan fingerprint density at radius 1 is 1.13 bits per heavy atom. The van der Waals surface area contributed by atoms with Crippen LogP contribution in [0.3, 0.4) is 0 Å². The van der Waals surface area contributed by atoms with Gasteiger partial charge in [-0.05, 0) is 30.7 Å². The summed E-state index contributed by atoms with van der Waals surface area (Å²) in [7, 11) is 3.24. The molecule has 2 heterocycles. The van der Waals surface area contributed by atoms with E-state index in [0.717, 1.165) is 41.2 Å². The Bertz CT molecular complexity index is 1130. The lowest BCUT2D eigenvalue weighted by molar-refractivity contribution is -0.116. The highest BCUT2D eigenvalue weighted by atomic mass is 32.2. The maximum Gasteiger partial charge on any atom is 0.276 e. The summed E-state index contributed by atoms with van der Waals surface area (Å²) in [6.45, 7) is 2.17. The van der Waals surface area contributed by atoms with E-state index in [1.54, 1.807) is 31.0 Å². The second kappa shape index (κ2) is 9.43. The van der Waals surface area contributed by atoms with Crippen LogP contribution in [0.4, 0.5) is 0 Å². The zero-order chi connectivity index (χ0) is 21.8. The molecule has 2 aliphatic heterocycles. The van der Waals surface area contributed by atoms with Crippen molar-refractivity contribution < 1.29 is 14.3 Å². The predicted octanol–water partition coefficient (Wildman–Crippen LogP) is 2.77. The van der Waals surface area contributed by atoms with Crippen LogP contribution in [0.1, 0.15) is 37.9 Å². The first-order valence-electron chi connectivity index (χ1n) is 10.4. The van der Waals surface area contributed by atoms with Crippen LogP contribution in [0.15, 0.2) is 52.6 Å². The van der Waals surface area contributed by atoms with Gasteiger partial charge < -0.3 is 9.47 Å². The van der Waals surface area contributed by atoms with E-state index in [9.17, 15) is 4.79 Å². The van der Waals surface area contributed by atoms with Gasteiger partial charge in [0.25, 0.3) is 5.91 Å². The van der Waals surface area contributed by atoms with Crippen molar-refractivity contribution in [1.29, 1.82) is 0 Å². The maximum absolute atomic E-state index is 13.2. The summed E-state index contributed by atoms with van der Waals surface area (Å²) in [4.78, 5) is 18.1. The summed E-state index contributed by atoms with van der Waals surface area (Å²) in [5.41, 5.74) is 1.26. The molecule has 0 spiro atoms. The smallest absolute Gasteiger partial charge is 0.276 e. The summed E-state index contributed by atoms with van der Waals surface area (Å²) >= 11 is 1.56. The second-order valence-electron chi connectivity index (χ2n) is 7.24. The Hall–Kier alpha value is -3.00. The number of methoxy groups -OCH3 is 2. The molecule has 0 aromatic heterocycles. The van der Waals surface area contributed by atoms with E-state index < -0.39 is 6.17 Å². The van der Waals surface area contributed by atoms with E-state index in [4.69, 9.17) is 19.6 Å². The zero-order valence-electron chi connectivity index (χ0n) is 17.9. The standard InChI is InChI=1S/C23H26N4O3S/c1-4-5-8-13-31-23-25-22(28)20-16-9-6-7-10-18(16)24-21(27(20)26-23)17-14-15(29-2)11-12-19(17)30-3/h6-7,9-12,14,21H,4-5,8,13H2,1-3H3,(H,25,26,28)/t21-/m1/s1. The van der Waals surface area contributed by atoms with Crippen LogP contribution in [0.25, 0.3) is 5.70 Å². The molecule has 0 radical (unpaired) electrons. The third-order valence-electron chi connectivity index (χ3n) is 5.22. The van der Waals surface area contributed by atoms with Gasteiger partial charge in [-0.1, -0.05) is 49.7 Å². The number of fused-ring (bicyclic) bond motifs is 2. The van der Waals surface area contributed by atoms with Crippen molar-refractivity contribution in [2.75, 3.05) is 20.0 Å². The molecular formula is C23H26N4O3S. The van der Waals surface area contributed by atoms with E-state index in [1.165, 1.54) is 0 Å². The summed E-state index contributed by atoms with van der Waals surface area (Å²) in [6, 6.07) is 13.2. The van der Waals surface area contributed by atoms with Gasteiger partial charge >= 0.3 is 0 Å². The number of carbonyl (C=O) groups excluding carboxylic acids is 1. The van der Waals surface area contributed by atoms with Crippen LogP contribution >= 0.6 is 11.8 Å². The molecule has 0 bridgehead atoms. The highest BCUT2D eigenvalue weighted by molar-refractivity contribution is 8.13. The van der Waals surface area contributed by atoms with E-state index in [2.05, 4.69) is 12.2 Å². The van der Waals surface area contributed by atoms with Gasteiger partial charge in [-0.3, -0.25) is 15.1 Å². The van der Waals surface area contributed by atoms with Crippen LogP contribution in [-0.2, 0) is 4.79 Å². The molecule has 2 aromatic rings. The largest absolute Gasteiger partial charge is 0.497 e. The van der Waals surface area contributed by atoms with Crippen molar-refractivity contribution in [2.24, 2.45) is 10.1 Å². The molecule has 8 heteroatoms. The predicted molar refractivity (Wildman–Crippen MR) is 122 cm³/mol. The summed E-state index contributed by atoms with van der Waals surface area (Å²) < 4.78 is 11.0. The molecule has 7 nitrogen and oxygen atoms in total. The van der Waals surface area contributed by atoms with Gasteiger partial charge in [0.15, 0.2) is 11.3 Å². The van der Waals surface area contributed by atoms with E-state index in [1.807, 2.05) is 42.5 Å². The van der Waals surface area contributed by atoms with Crippen LogP contribution in [0, 0.1) is 0 Å². The van der Waals surface area contributed by atoms with Crippen molar-refractivity contribution in [1.82, 2.24) is 10.3 Å². The Balaban J connectivity index is 1.83. The molecule has 0 aliphatic carbocycles. The first-order valence-corrected chi connectivity index (χ1v) is 11.4. The highest BCUT2D eigenvalue weighted by Crippen LogP contribution is 2.37. The molecular weight excluding hydrogens is 412 g/mol. The third kappa shape index (κ3) is 4.25. The van der Waals surface area contributed by atoms with Crippen molar-refractivity contribution in [3.05, 3.63) is 58.6 Å². The molecule has 162 valence electrons. The minimum atomic E-state index is -0.549. The van der Waals surface area contributed by atoms with Crippen LogP contribution < -0.4 is 25.4 Å². The summed E-state index contributed by atoms with van der Waals surface area (Å²) in [5, 5.41) is 11.6. The van der Waals surface area contributed by atoms with Gasteiger partial charge in [0.1, 0.15) is 17.2 Å². The maximum atomic E-state index is 13.2. The van der Waals surface area contributed by atoms with E-state index in [0.29, 0.717) is 22.4 Å². The Labute approximate surface area is 185 Å². The number of rotatable bonds is 7. The van der Waals surface area contributed by atoms with Gasteiger partial charge in [0, 0.05) is 16.5 Å². The van der Waals surface area contributed by atoms with Crippen molar-refractivity contribution in [3.8, 4) is 11.5 Å². The average Bonchev–Trinajstić information content (AvgIpc) is 2.80. The number of amides is 1. The molecule has 1 amide bonds. The number of hydrogen-bond donors (Lipinski definition) is 1. The fourth-order valence-electron chi connectivity index (χ4n) is 3.66. The second-order valence-corrected chi connectivity index (χ2v) is 8.32. The number of para-hydroxylation sites is 1. The summed E-state index contributed by atoms with van der Waals surface area (Å²) in [5.74, 6) is 2.07. The van der Waals surface area contributed by atoms with Gasteiger partial charge in [0.2, 0.25) is 0 Å². The fraction of sp³-hybridized carbons (Fsp3) is 0.348.